The number of benzene rings is 1. The number of hydrogen-bond donors (Lipinski definition) is 0. The van der Waals surface area contributed by atoms with Gasteiger partial charge in [0.1, 0.15) is 10.7 Å². The second-order valence-corrected chi connectivity index (χ2v) is 10.6. The summed E-state index contributed by atoms with van der Waals surface area (Å²) >= 11 is 0. The highest BCUT2D eigenvalue weighted by Crippen LogP contribution is 2.29. The quantitative estimate of drug-likeness (QED) is 0.764. The zero-order chi connectivity index (χ0) is 20.0. The molecule has 0 unspecified atom stereocenters. The first-order chi connectivity index (χ1) is 12.5. The summed E-state index contributed by atoms with van der Waals surface area (Å²) in [4.78, 5) is -0.243. The molecule has 3 rings (SSSR count). The Morgan fingerprint density at radius 1 is 1.07 bits per heavy atom. The number of aryl methyl sites for hydroxylation is 1. The van der Waals surface area contributed by atoms with E-state index >= 15 is 0 Å². The van der Waals surface area contributed by atoms with Crippen molar-refractivity contribution in [1.82, 2.24) is 13.5 Å². The van der Waals surface area contributed by atoms with Gasteiger partial charge in [-0.1, -0.05) is 6.92 Å². The third kappa shape index (κ3) is 3.53. The van der Waals surface area contributed by atoms with Crippen LogP contribution in [-0.2, 0) is 20.0 Å². The first kappa shape index (κ1) is 20.0. The molecule has 0 aliphatic carbocycles. The highest BCUT2D eigenvalue weighted by atomic mass is 32.2. The molecule has 0 saturated carbocycles. The average Bonchev–Trinajstić information content (AvgIpc) is 2.91. The first-order valence-electron chi connectivity index (χ1n) is 8.62. The lowest BCUT2D eigenvalue weighted by molar-refractivity contribution is 0.281. The zero-order valence-electron chi connectivity index (χ0n) is 15.4. The molecule has 1 aliphatic heterocycles. The Kier molecular flexibility index (Phi) is 5.17. The van der Waals surface area contributed by atoms with E-state index in [1.807, 2.05) is 6.92 Å². The Balaban J connectivity index is 2.08. The number of rotatable bonds is 4. The molecule has 1 aromatic heterocycles. The SMILES string of the molecule is Cc1nn(S(=O)(=O)c2ccc(F)cc2)c(C)c1S(=O)(=O)N1CCC[C@H](C)C1. The molecule has 1 aliphatic rings. The first-order valence-corrected chi connectivity index (χ1v) is 11.5. The fourth-order valence-corrected chi connectivity index (χ4v) is 6.78. The van der Waals surface area contributed by atoms with Crippen LogP contribution in [0.15, 0.2) is 34.1 Å². The maximum atomic E-state index is 13.1. The largest absolute Gasteiger partial charge is 0.283 e. The molecule has 0 radical (unpaired) electrons. The molecule has 1 aromatic carbocycles. The van der Waals surface area contributed by atoms with Gasteiger partial charge in [-0.2, -0.15) is 21.9 Å². The van der Waals surface area contributed by atoms with Crippen molar-refractivity contribution in [1.29, 1.82) is 0 Å². The van der Waals surface area contributed by atoms with E-state index in [0.717, 1.165) is 41.2 Å². The highest BCUT2D eigenvalue weighted by molar-refractivity contribution is 7.90. The molecule has 1 atom stereocenters. The van der Waals surface area contributed by atoms with Gasteiger partial charge in [0.15, 0.2) is 0 Å². The lowest BCUT2D eigenvalue weighted by Crippen LogP contribution is -2.39. The van der Waals surface area contributed by atoms with Crippen molar-refractivity contribution in [2.45, 2.75) is 43.4 Å². The number of aromatic nitrogens is 2. The van der Waals surface area contributed by atoms with Crippen LogP contribution in [0, 0.1) is 25.6 Å². The number of nitrogens with zero attached hydrogens (tertiary/aromatic N) is 3. The van der Waals surface area contributed by atoms with E-state index in [1.165, 1.54) is 18.2 Å². The molecule has 27 heavy (non-hydrogen) atoms. The van der Waals surface area contributed by atoms with Crippen molar-refractivity contribution in [2.24, 2.45) is 5.92 Å². The molecule has 0 bridgehead atoms. The van der Waals surface area contributed by atoms with Crippen LogP contribution in [-0.4, -0.2) is 43.4 Å². The van der Waals surface area contributed by atoms with Gasteiger partial charge in [-0.05, 0) is 56.9 Å². The van der Waals surface area contributed by atoms with Gasteiger partial charge in [0, 0.05) is 13.1 Å². The summed E-state index contributed by atoms with van der Waals surface area (Å²) in [7, 11) is -7.99. The van der Waals surface area contributed by atoms with E-state index in [1.54, 1.807) is 0 Å². The molecule has 10 heteroatoms. The maximum Gasteiger partial charge on any atom is 0.283 e. The van der Waals surface area contributed by atoms with E-state index in [0.29, 0.717) is 13.1 Å². The van der Waals surface area contributed by atoms with Crippen molar-refractivity contribution in [3.63, 3.8) is 0 Å². The molecular weight excluding hydrogens is 393 g/mol. The predicted molar refractivity (Wildman–Crippen MR) is 97.8 cm³/mol. The standard InChI is InChI=1S/C17H22FN3O4S2/c1-12-5-4-10-20(11-12)27(24,25)17-13(2)19-21(14(17)3)26(22,23)16-8-6-15(18)7-9-16/h6-9,12H,4-5,10-11H2,1-3H3/t12-/m0/s1. The van der Waals surface area contributed by atoms with Crippen LogP contribution >= 0.6 is 0 Å². The third-order valence-corrected chi connectivity index (χ3v) is 8.54. The molecule has 2 heterocycles. The lowest BCUT2D eigenvalue weighted by Gasteiger charge is -2.30. The van der Waals surface area contributed by atoms with Crippen LogP contribution in [0.3, 0.4) is 0 Å². The maximum absolute atomic E-state index is 13.1. The molecule has 2 aromatic rings. The van der Waals surface area contributed by atoms with Gasteiger partial charge in [0.25, 0.3) is 10.0 Å². The topological polar surface area (TPSA) is 89.3 Å². The number of piperidine rings is 1. The molecule has 0 N–H and O–H groups in total. The zero-order valence-corrected chi connectivity index (χ0v) is 17.0. The fourth-order valence-electron chi connectivity index (χ4n) is 3.41. The Labute approximate surface area is 158 Å². The normalized spacial score (nSPS) is 19.3. The highest BCUT2D eigenvalue weighted by Gasteiger charge is 2.35. The lowest BCUT2D eigenvalue weighted by atomic mass is 10.0. The van der Waals surface area contributed by atoms with Crippen molar-refractivity contribution < 1.29 is 21.2 Å². The van der Waals surface area contributed by atoms with Gasteiger partial charge in [-0.25, -0.2) is 12.8 Å². The fraction of sp³-hybridized carbons (Fsp3) is 0.471. The summed E-state index contributed by atoms with van der Waals surface area (Å²) < 4.78 is 67.2. The molecule has 1 fully saturated rings. The van der Waals surface area contributed by atoms with Gasteiger partial charge in [0.2, 0.25) is 10.0 Å². The minimum absolute atomic E-state index is 0.0232. The summed E-state index contributed by atoms with van der Waals surface area (Å²) in [5, 5.41) is 3.99. The molecule has 0 spiro atoms. The van der Waals surface area contributed by atoms with Crippen molar-refractivity contribution in [2.75, 3.05) is 13.1 Å². The molecule has 148 valence electrons. The van der Waals surface area contributed by atoms with E-state index in [2.05, 4.69) is 5.10 Å². The van der Waals surface area contributed by atoms with Gasteiger partial charge in [0.05, 0.1) is 16.3 Å². The summed E-state index contributed by atoms with van der Waals surface area (Å²) in [6.07, 6.45) is 1.72. The number of hydrogen-bond acceptors (Lipinski definition) is 5. The van der Waals surface area contributed by atoms with Crippen LogP contribution in [0.2, 0.25) is 0 Å². The minimum atomic E-state index is -4.13. The molecular formula is C17H22FN3O4S2. The number of halogens is 1. The van der Waals surface area contributed by atoms with Gasteiger partial charge in [-0.3, -0.25) is 0 Å². The monoisotopic (exact) mass is 415 g/mol. The average molecular weight is 416 g/mol. The van der Waals surface area contributed by atoms with Crippen LogP contribution in [0.25, 0.3) is 0 Å². The Morgan fingerprint density at radius 3 is 2.30 bits per heavy atom. The van der Waals surface area contributed by atoms with E-state index in [4.69, 9.17) is 0 Å². The number of sulfonamides is 1. The molecule has 1 saturated heterocycles. The second-order valence-electron chi connectivity index (χ2n) is 6.91. The van der Waals surface area contributed by atoms with Crippen molar-refractivity contribution >= 4 is 20.0 Å². The molecule has 0 amide bonds. The van der Waals surface area contributed by atoms with Crippen LogP contribution < -0.4 is 0 Å². The van der Waals surface area contributed by atoms with Crippen molar-refractivity contribution in [3.05, 3.63) is 41.5 Å². The third-order valence-electron chi connectivity index (χ3n) is 4.74. The predicted octanol–water partition coefficient (Wildman–Crippen LogP) is 2.30. The Bertz CT molecular complexity index is 1060. The summed E-state index contributed by atoms with van der Waals surface area (Å²) in [6, 6.07) is 4.32. The second kappa shape index (κ2) is 6.99. The van der Waals surface area contributed by atoms with E-state index in [-0.39, 0.29) is 27.1 Å². The summed E-state index contributed by atoms with van der Waals surface area (Å²) in [6.45, 7) is 5.69. The molecule has 7 nitrogen and oxygen atoms in total. The Morgan fingerprint density at radius 2 is 1.70 bits per heavy atom. The van der Waals surface area contributed by atoms with Gasteiger partial charge >= 0.3 is 0 Å². The van der Waals surface area contributed by atoms with Crippen molar-refractivity contribution in [3.8, 4) is 0 Å². The van der Waals surface area contributed by atoms with Crippen LogP contribution in [0.4, 0.5) is 4.39 Å². The van der Waals surface area contributed by atoms with E-state index in [9.17, 15) is 21.2 Å². The van der Waals surface area contributed by atoms with Gasteiger partial charge in [-0.15, -0.1) is 0 Å². The van der Waals surface area contributed by atoms with Gasteiger partial charge < -0.3 is 0 Å². The van der Waals surface area contributed by atoms with Crippen LogP contribution in [0.1, 0.15) is 31.2 Å². The Hall–Kier alpha value is -1.78. The van der Waals surface area contributed by atoms with Crippen LogP contribution in [0.5, 0.6) is 0 Å². The summed E-state index contributed by atoms with van der Waals surface area (Å²) in [5.41, 5.74) is 0.145. The minimum Gasteiger partial charge on any atom is -0.207 e. The van der Waals surface area contributed by atoms with E-state index < -0.39 is 25.9 Å². The smallest absolute Gasteiger partial charge is 0.207 e. The summed E-state index contributed by atoms with van der Waals surface area (Å²) in [5.74, 6) is -0.322.